The average Bonchev–Trinajstić information content (AvgIpc) is 3.60. The third-order valence-electron chi connectivity index (χ3n) is 9.37. The molecule has 0 saturated heterocycles. The van der Waals surface area contributed by atoms with Gasteiger partial charge in [0.2, 0.25) is 0 Å². The van der Waals surface area contributed by atoms with Gasteiger partial charge in [-0.15, -0.1) is 0 Å². The molecule has 0 unspecified atom stereocenters. The van der Waals surface area contributed by atoms with E-state index in [0.29, 0.717) is 23.0 Å². The summed E-state index contributed by atoms with van der Waals surface area (Å²) >= 11 is 0. The molecule has 10 rings (SSSR count). The van der Waals surface area contributed by atoms with Crippen LogP contribution in [-0.4, -0.2) is 15.0 Å². The highest BCUT2D eigenvalue weighted by Gasteiger charge is 2.16. The summed E-state index contributed by atoms with van der Waals surface area (Å²) in [6.45, 7) is 0. The first-order valence-electron chi connectivity index (χ1n) is 19.2. The number of furan rings is 1. The fourth-order valence-electron chi connectivity index (χ4n) is 6.75. The van der Waals surface area contributed by atoms with Crippen molar-refractivity contribution in [1.82, 2.24) is 15.0 Å². The van der Waals surface area contributed by atoms with Crippen LogP contribution in [0.5, 0.6) is 0 Å². The second-order valence-corrected chi connectivity index (χ2v) is 12.5. The Kier molecular flexibility index (Phi) is 5.66. The van der Waals surface area contributed by atoms with Gasteiger partial charge in [0.15, 0.2) is 17.5 Å². The van der Waals surface area contributed by atoms with Gasteiger partial charge in [-0.25, -0.2) is 15.0 Å². The molecule has 0 N–H and O–H groups in total. The molecule has 0 aliphatic carbocycles. The molecule has 2 aromatic heterocycles. The van der Waals surface area contributed by atoms with Crippen LogP contribution in [0.3, 0.4) is 0 Å². The van der Waals surface area contributed by atoms with Crippen LogP contribution in [0, 0.1) is 0 Å². The quantitative estimate of drug-likeness (QED) is 0.185. The fraction of sp³-hybridized carbons (Fsp3) is 0. The molecule has 0 radical (unpaired) electrons. The second-order valence-electron chi connectivity index (χ2n) is 12.5. The second kappa shape index (κ2) is 11.9. The number of nitrogens with zero attached hydrogens (tertiary/aromatic N) is 3. The molecule has 0 aliphatic heterocycles. The summed E-state index contributed by atoms with van der Waals surface area (Å²) in [5, 5.41) is 6.55. The molecule has 51 heavy (non-hydrogen) atoms. The Morgan fingerprint density at radius 3 is 1.61 bits per heavy atom. The van der Waals surface area contributed by atoms with Gasteiger partial charge in [0.1, 0.15) is 11.2 Å². The zero-order valence-electron chi connectivity index (χ0n) is 32.1. The maximum Gasteiger partial charge on any atom is 0.164 e. The van der Waals surface area contributed by atoms with Gasteiger partial charge in [0, 0.05) is 27.5 Å². The van der Waals surface area contributed by atoms with Crippen LogP contribution in [0.1, 0.15) is 6.85 Å². The van der Waals surface area contributed by atoms with Gasteiger partial charge in [0.05, 0.1) is 6.85 Å². The molecule has 0 saturated carbocycles. The standard InChI is InChI=1S/C47H29N3O/c1-2-9-30(10-3-1)32-17-19-33(20-18-32)35-15-8-16-38(25-35)45-48-46(39-22-21-31-11-4-5-12-34(31)26-39)50-47(49-45)40-23-24-41-42-27-36-13-6-7-14-37(36)28-44(42)51-43(41)29-40/h1-29H/i1D,2D,3D,9D,10D. The zero-order valence-corrected chi connectivity index (χ0v) is 27.1. The summed E-state index contributed by atoms with van der Waals surface area (Å²) < 4.78 is 47.4. The smallest absolute Gasteiger partial charge is 0.164 e. The predicted octanol–water partition coefficient (Wildman–Crippen LogP) is 12.4. The lowest BCUT2D eigenvalue weighted by Gasteiger charge is -2.10. The van der Waals surface area contributed by atoms with Gasteiger partial charge in [-0.1, -0.05) is 139 Å². The van der Waals surface area contributed by atoms with Crippen molar-refractivity contribution in [3.8, 4) is 56.4 Å². The first kappa shape index (κ1) is 24.3. The van der Waals surface area contributed by atoms with Gasteiger partial charge in [-0.05, 0) is 80.2 Å². The minimum atomic E-state index is -0.411. The Labute approximate surface area is 301 Å². The Hall–Kier alpha value is -6.91. The van der Waals surface area contributed by atoms with Crippen molar-refractivity contribution in [2.75, 3.05) is 0 Å². The molecule has 10 aromatic rings. The maximum atomic E-state index is 8.41. The first-order chi connectivity index (χ1) is 27.3. The molecule has 4 heteroatoms. The number of fused-ring (bicyclic) bond motifs is 5. The zero-order chi connectivity index (χ0) is 38.1. The normalized spacial score (nSPS) is 12.9. The van der Waals surface area contributed by atoms with Crippen molar-refractivity contribution >= 4 is 43.5 Å². The Balaban J connectivity index is 1.08. The number of benzene rings is 8. The molecule has 0 aliphatic rings. The fourth-order valence-corrected chi connectivity index (χ4v) is 6.75. The molecule has 0 amide bonds. The van der Waals surface area contributed by atoms with E-state index in [1.54, 1.807) is 12.1 Å². The summed E-state index contributed by atoms with van der Waals surface area (Å²) in [5.74, 6) is 1.56. The van der Waals surface area contributed by atoms with Crippen LogP contribution in [0.4, 0.5) is 0 Å². The van der Waals surface area contributed by atoms with Crippen molar-refractivity contribution in [2.45, 2.75) is 0 Å². The van der Waals surface area contributed by atoms with E-state index in [-0.39, 0.29) is 29.7 Å². The largest absolute Gasteiger partial charge is 0.456 e. The highest BCUT2D eigenvalue weighted by molar-refractivity contribution is 6.10. The van der Waals surface area contributed by atoms with Crippen molar-refractivity contribution in [3.05, 3.63) is 176 Å². The molecule has 4 nitrogen and oxygen atoms in total. The van der Waals surface area contributed by atoms with E-state index in [4.69, 9.17) is 26.2 Å². The molecule has 0 atom stereocenters. The summed E-state index contributed by atoms with van der Waals surface area (Å²) in [7, 11) is 0. The van der Waals surface area contributed by atoms with E-state index in [2.05, 4.69) is 54.6 Å². The SMILES string of the molecule is [2H]c1c([2H])c([2H])c(-c2ccc(-c3cccc(-c4nc(-c5ccc6ccccc6c5)nc(-c5ccc6c(c5)oc5cc7ccccc7cc56)n4)c3)cc2)c([2H])c1[2H]. The maximum absolute atomic E-state index is 8.41. The highest BCUT2D eigenvalue weighted by Crippen LogP contribution is 2.35. The number of hydrogen-bond donors (Lipinski definition) is 0. The monoisotopic (exact) mass is 656 g/mol. The van der Waals surface area contributed by atoms with Crippen molar-refractivity contribution in [2.24, 2.45) is 0 Å². The number of aromatic nitrogens is 3. The number of hydrogen-bond acceptors (Lipinski definition) is 4. The lowest BCUT2D eigenvalue weighted by Crippen LogP contribution is -2.00. The van der Waals surface area contributed by atoms with Crippen molar-refractivity contribution in [3.63, 3.8) is 0 Å². The van der Waals surface area contributed by atoms with Crippen molar-refractivity contribution in [1.29, 1.82) is 0 Å². The first-order valence-corrected chi connectivity index (χ1v) is 16.7. The van der Waals surface area contributed by atoms with E-state index >= 15 is 0 Å². The summed E-state index contributed by atoms with van der Waals surface area (Å²) in [5.41, 5.74) is 6.52. The van der Waals surface area contributed by atoms with E-state index in [0.717, 1.165) is 71.3 Å². The molecule has 0 spiro atoms. The van der Waals surface area contributed by atoms with Crippen LogP contribution < -0.4 is 0 Å². The molecule has 0 bridgehead atoms. The van der Waals surface area contributed by atoms with E-state index < -0.39 is 6.04 Å². The molecular weight excluding hydrogens is 623 g/mol. The van der Waals surface area contributed by atoms with Crippen LogP contribution >= 0.6 is 0 Å². The summed E-state index contributed by atoms with van der Waals surface area (Å²) in [6.07, 6.45) is 0. The lowest BCUT2D eigenvalue weighted by atomic mass is 9.99. The summed E-state index contributed by atoms with van der Waals surface area (Å²) in [6, 6.07) is 46.7. The van der Waals surface area contributed by atoms with Crippen LogP contribution in [0.25, 0.3) is 99.9 Å². The van der Waals surface area contributed by atoms with Gasteiger partial charge >= 0.3 is 0 Å². The van der Waals surface area contributed by atoms with Gasteiger partial charge in [-0.3, -0.25) is 0 Å². The van der Waals surface area contributed by atoms with Gasteiger partial charge in [0.25, 0.3) is 0 Å². The van der Waals surface area contributed by atoms with E-state index in [9.17, 15) is 0 Å². The third kappa shape index (κ3) is 5.31. The molecule has 0 fully saturated rings. The Morgan fingerprint density at radius 1 is 0.353 bits per heavy atom. The summed E-state index contributed by atoms with van der Waals surface area (Å²) in [4.78, 5) is 15.1. The van der Waals surface area contributed by atoms with Gasteiger partial charge in [-0.2, -0.15) is 0 Å². The minimum Gasteiger partial charge on any atom is -0.456 e. The molecule has 238 valence electrons. The van der Waals surface area contributed by atoms with Crippen LogP contribution in [-0.2, 0) is 0 Å². The lowest BCUT2D eigenvalue weighted by molar-refractivity contribution is 0.669. The van der Waals surface area contributed by atoms with E-state index in [1.165, 1.54) is 0 Å². The Bertz CT molecular complexity index is 3180. The van der Waals surface area contributed by atoms with Gasteiger partial charge < -0.3 is 4.42 Å². The van der Waals surface area contributed by atoms with E-state index in [1.807, 2.05) is 78.9 Å². The third-order valence-corrected chi connectivity index (χ3v) is 9.37. The Morgan fingerprint density at radius 2 is 0.882 bits per heavy atom. The number of rotatable bonds is 5. The van der Waals surface area contributed by atoms with Crippen molar-refractivity contribution < 1.29 is 11.3 Å². The van der Waals surface area contributed by atoms with Crippen LogP contribution in [0.2, 0.25) is 0 Å². The topological polar surface area (TPSA) is 51.8 Å². The van der Waals surface area contributed by atoms with Crippen LogP contribution in [0.15, 0.2) is 180 Å². The molecule has 2 heterocycles. The minimum absolute atomic E-state index is 0.171. The molecule has 8 aromatic carbocycles. The predicted molar refractivity (Wildman–Crippen MR) is 209 cm³/mol. The highest BCUT2D eigenvalue weighted by atomic mass is 16.3. The molecular formula is C47H29N3O. The average molecular weight is 657 g/mol.